The van der Waals surface area contributed by atoms with Crippen molar-refractivity contribution in [2.45, 2.75) is 6.92 Å². The molecule has 0 aliphatic heterocycles. The molecule has 66 valence electrons. The van der Waals surface area contributed by atoms with Gasteiger partial charge in [-0.05, 0) is 13.0 Å². The van der Waals surface area contributed by atoms with E-state index in [0.29, 0.717) is 4.88 Å². The average Bonchev–Trinajstić information content (AvgIpc) is 2.49. The van der Waals surface area contributed by atoms with Crippen LogP contribution in [-0.2, 0) is 0 Å². The Morgan fingerprint density at radius 3 is 3.00 bits per heavy atom. The topological polar surface area (TPSA) is 63.1 Å². The first kappa shape index (κ1) is 8.12. The van der Waals surface area contributed by atoms with Crippen LogP contribution in [0.4, 0.5) is 0 Å². The summed E-state index contributed by atoms with van der Waals surface area (Å²) in [6.07, 6.45) is 1.57. The summed E-state index contributed by atoms with van der Waals surface area (Å²) >= 11 is 1.23. The van der Waals surface area contributed by atoms with E-state index in [0.717, 1.165) is 15.8 Å². The van der Waals surface area contributed by atoms with Crippen molar-refractivity contribution in [2.24, 2.45) is 0 Å². The molecule has 4 nitrogen and oxygen atoms in total. The Kier molecular flexibility index (Phi) is 1.73. The van der Waals surface area contributed by atoms with E-state index in [4.69, 9.17) is 5.11 Å². The lowest BCUT2D eigenvalue weighted by molar-refractivity contribution is 0.0702. The SMILES string of the molecule is Cc1nncc2cc(C(=O)O)sc12. The molecular weight excluding hydrogens is 188 g/mol. The van der Waals surface area contributed by atoms with Crippen molar-refractivity contribution in [2.75, 3.05) is 0 Å². The van der Waals surface area contributed by atoms with Crippen molar-refractivity contribution in [1.82, 2.24) is 10.2 Å². The molecule has 0 saturated heterocycles. The van der Waals surface area contributed by atoms with E-state index in [1.54, 1.807) is 12.3 Å². The van der Waals surface area contributed by atoms with Gasteiger partial charge >= 0.3 is 5.97 Å². The third kappa shape index (κ3) is 1.27. The van der Waals surface area contributed by atoms with Crippen LogP contribution in [0.15, 0.2) is 12.3 Å². The number of hydrogen-bond donors (Lipinski definition) is 1. The normalized spacial score (nSPS) is 10.5. The predicted octanol–water partition coefficient (Wildman–Crippen LogP) is 1.70. The van der Waals surface area contributed by atoms with Gasteiger partial charge in [-0.1, -0.05) is 0 Å². The summed E-state index contributed by atoms with van der Waals surface area (Å²) in [6, 6.07) is 1.62. The second-order valence-corrected chi connectivity index (χ2v) is 3.68. The van der Waals surface area contributed by atoms with Gasteiger partial charge in [0, 0.05) is 5.39 Å². The number of carboxylic acid groups (broad SMARTS) is 1. The lowest BCUT2D eigenvalue weighted by Crippen LogP contribution is -1.89. The molecule has 2 rings (SSSR count). The van der Waals surface area contributed by atoms with E-state index in [9.17, 15) is 4.79 Å². The highest BCUT2D eigenvalue weighted by atomic mass is 32.1. The number of aromatic carboxylic acids is 1. The molecule has 0 aliphatic carbocycles. The van der Waals surface area contributed by atoms with Crippen LogP contribution in [0.5, 0.6) is 0 Å². The summed E-state index contributed by atoms with van der Waals surface area (Å²) in [5, 5.41) is 17.2. The van der Waals surface area contributed by atoms with Gasteiger partial charge in [-0.3, -0.25) is 0 Å². The highest BCUT2D eigenvalue weighted by Crippen LogP contribution is 2.26. The number of aromatic nitrogens is 2. The van der Waals surface area contributed by atoms with E-state index in [2.05, 4.69) is 10.2 Å². The van der Waals surface area contributed by atoms with Gasteiger partial charge in [-0.25, -0.2) is 4.79 Å². The van der Waals surface area contributed by atoms with Gasteiger partial charge in [0.15, 0.2) is 0 Å². The quantitative estimate of drug-likeness (QED) is 0.750. The number of hydrogen-bond acceptors (Lipinski definition) is 4. The third-order valence-corrected chi connectivity index (χ3v) is 2.95. The van der Waals surface area contributed by atoms with Gasteiger partial charge in [0.05, 0.1) is 16.6 Å². The lowest BCUT2D eigenvalue weighted by atomic mass is 10.3. The number of thiophene rings is 1. The van der Waals surface area contributed by atoms with Gasteiger partial charge in [-0.2, -0.15) is 10.2 Å². The molecule has 0 radical (unpaired) electrons. The molecule has 0 fully saturated rings. The fourth-order valence-electron chi connectivity index (χ4n) is 1.11. The number of rotatable bonds is 1. The number of fused-ring (bicyclic) bond motifs is 1. The largest absolute Gasteiger partial charge is 0.477 e. The second kappa shape index (κ2) is 2.77. The van der Waals surface area contributed by atoms with Crippen LogP contribution in [0.3, 0.4) is 0 Å². The Morgan fingerprint density at radius 2 is 2.38 bits per heavy atom. The molecule has 1 N–H and O–H groups in total. The molecule has 2 aromatic heterocycles. The van der Waals surface area contributed by atoms with E-state index >= 15 is 0 Å². The minimum absolute atomic E-state index is 0.327. The fourth-order valence-corrected chi connectivity index (χ4v) is 2.02. The maximum absolute atomic E-state index is 10.7. The highest BCUT2D eigenvalue weighted by Gasteiger charge is 2.09. The fraction of sp³-hybridized carbons (Fsp3) is 0.125. The molecule has 0 aliphatic rings. The Labute approximate surface area is 77.8 Å². The van der Waals surface area contributed by atoms with Crippen LogP contribution >= 0.6 is 11.3 Å². The second-order valence-electron chi connectivity index (χ2n) is 2.63. The van der Waals surface area contributed by atoms with E-state index in [1.165, 1.54) is 11.3 Å². The molecule has 2 aromatic rings. The smallest absolute Gasteiger partial charge is 0.345 e. The summed E-state index contributed by atoms with van der Waals surface area (Å²) in [4.78, 5) is 11.0. The Hall–Kier alpha value is -1.49. The first-order valence-corrected chi connectivity index (χ1v) is 4.45. The maximum atomic E-state index is 10.7. The van der Waals surface area contributed by atoms with E-state index < -0.39 is 5.97 Å². The minimum atomic E-state index is -0.902. The molecule has 0 aromatic carbocycles. The van der Waals surface area contributed by atoms with Gasteiger partial charge < -0.3 is 5.11 Å². The highest BCUT2D eigenvalue weighted by molar-refractivity contribution is 7.20. The molecule has 5 heteroatoms. The number of nitrogens with zero attached hydrogens (tertiary/aromatic N) is 2. The molecule has 0 unspecified atom stereocenters. The van der Waals surface area contributed by atoms with Gasteiger partial charge in [0.25, 0.3) is 0 Å². The standard InChI is InChI=1S/C8H6N2O2S/c1-4-7-5(3-9-10-4)2-6(13-7)8(11)12/h2-3H,1H3,(H,11,12). The first-order chi connectivity index (χ1) is 6.18. The third-order valence-electron chi connectivity index (χ3n) is 1.70. The van der Waals surface area contributed by atoms with Crippen LogP contribution < -0.4 is 0 Å². The summed E-state index contributed by atoms with van der Waals surface area (Å²) in [7, 11) is 0. The lowest BCUT2D eigenvalue weighted by Gasteiger charge is -1.89. The van der Waals surface area contributed by atoms with Gasteiger partial charge in [-0.15, -0.1) is 11.3 Å². The molecule has 2 heterocycles. The van der Waals surface area contributed by atoms with Crippen molar-refractivity contribution >= 4 is 27.4 Å². The molecule has 13 heavy (non-hydrogen) atoms. The van der Waals surface area contributed by atoms with Gasteiger partial charge in [0.2, 0.25) is 0 Å². The monoisotopic (exact) mass is 194 g/mol. The average molecular weight is 194 g/mol. The van der Waals surface area contributed by atoms with Crippen LogP contribution in [0.1, 0.15) is 15.4 Å². The minimum Gasteiger partial charge on any atom is -0.477 e. The Bertz CT molecular complexity index is 478. The Morgan fingerprint density at radius 1 is 1.62 bits per heavy atom. The summed E-state index contributed by atoms with van der Waals surface area (Å²) in [5.74, 6) is -0.902. The van der Waals surface area contributed by atoms with Crippen molar-refractivity contribution in [3.05, 3.63) is 22.8 Å². The summed E-state index contributed by atoms with van der Waals surface area (Å²) < 4.78 is 0.896. The van der Waals surface area contributed by atoms with Crippen molar-refractivity contribution < 1.29 is 9.90 Å². The number of aryl methyl sites for hydroxylation is 1. The zero-order chi connectivity index (χ0) is 9.42. The molecule has 0 amide bonds. The van der Waals surface area contributed by atoms with Crippen LogP contribution in [0, 0.1) is 6.92 Å². The molecular formula is C8H6N2O2S. The van der Waals surface area contributed by atoms with Crippen LogP contribution in [0.25, 0.3) is 10.1 Å². The maximum Gasteiger partial charge on any atom is 0.345 e. The molecule has 0 atom stereocenters. The summed E-state index contributed by atoms with van der Waals surface area (Å²) in [5.41, 5.74) is 0.773. The predicted molar refractivity (Wildman–Crippen MR) is 49.1 cm³/mol. The zero-order valence-corrected chi connectivity index (χ0v) is 7.63. The van der Waals surface area contributed by atoms with Crippen molar-refractivity contribution in [3.8, 4) is 0 Å². The van der Waals surface area contributed by atoms with Crippen LogP contribution in [0.2, 0.25) is 0 Å². The van der Waals surface area contributed by atoms with E-state index in [1.807, 2.05) is 6.92 Å². The zero-order valence-electron chi connectivity index (χ0n) is 6.81. The molecule has 0 saturated carbocycles. The van der Waals surface area contributed by atoms with Gasteiger partial charge in [0.1, 0.15) is 4.88 Å². The number of carbonyl (C=O) groups is 1. The summed E-state index contributed by atoms with van der Waals surface area (Å²) in [6.45, 7) is 1.82. The van der Waals surface area contributed by atoms with E-state index in [-0.39, 0.29) is 0 Å². The molecule has 0 spiro atoms. The first-order valence-electron chi connectivity index (χ1n) is 3.63. The van der Waals surface area contributed by atoms with Crippen LogP contribution in [-0.4, -0.2) is 21.3 Å². The van der Waals surface area contributed by atoms with Crippen molar-refractivity contribution in [1.29, 1.82) is 0 Å². The number of carboxylic acids is 1. The molecule has 0 bridgehead atoms. The Balaban J connectivity index is 2.75. The van der Waals surface area contributed by atoms with Crippen molar-refractivity contribution in [3.63, 3.8) is 0 Å².